The highest BCUT2D eigenvalue weighted by Gasteiger charge is 2.23. The van der Waals surface area contributed by atoms with Crippen molar-refractivity contribution in [3.63, 3.8) is 0 Å². The lowest BCUT2D eigenvalue weighted by Crippen LogP contribution is -2.33. The van der Waals surface area contributed by atoms with E-state index in [1.807, 2.05) is 30.3 Å². The van der Waals surface area contributed by atoms with Crippen LogP contribution in [0.5, 0.6) is 0 Å². The van der Waals surface area contributed by atoms with Crippen molar-refractivity contribution in [2.24, 2.45) is 0 Å². The second-order valence-corrected chi connectivity index (χ2v) is 4.67. The zero-order chi connectivity index (χ0) is 13.4. The Hall–Kier alpha value is -2.18. The van der Waals surface area contributed by atoms with Crippen LogP contribution in [0.3, 0.4) is 0 Å². The van der Waals surface area contributed by atoms with E-state index in [2.05, 4.69) is 15.5 Å². The number of morpholine rings is 1. The minimum Gasteiger partial charge on any atom is -0.453 e. The summed E-state index contributed by atoms with van der Waals surface area (Å²) in [5.41, 5.74) is 0.810. The molecule has 2 aromatic heterocycles. The van der Waals surface area contributed by atoms with E-state index >= 15 is 0 Å². The average molecular weight is 271 g/mol. The maximum absolute atomic E-state index is 5.71. The van der Waals surface area contributed by atoms with Crippen molar-refractivity contribution < 1.29 is 13.7 Å². The molecular weight excluding hydrogens is 258 g/mol. The van der Waals surface area contributed by atoms with Crippen LogP contribution >= 0.6 is 0 Å². The lowest BCUT2D eigenvalue weighted by Gasteiger charge is -2.19. The van der Waals surface area contributed by atoms with E-state index in [-0.39, 0.29) is 6.10 Å². The summed E-state index contributed by atoms with van der Waals surface area (Å²) in [7, 11) is 0. The van der Waals surface area contributed by atoms with E-state index in [9.17, 15) is 0 Å². The Balaban J connectivity index is 1.66. The summed E-state index contributed by atoms with van der Waals surface area (Å²) in [6.45, 7) is 2.18. The molecular formula is C14H13N3O3. The first-order chi connectivity index (χ1) is 9.90. The van der Waals surface area contributed by atoms with Gasteiger partial charge in [0.05, 0.1) is 6.61 Å². The lowest BCUT2D eigenvalue weighted by molar-refractivity contribution is 0.00755. The normalized spacial score (nSPS) is 19.5. The molecule has 1 aromatic carbocycles. The van der Waals surface area contributed by atoms with E-state index in [1.165, 1.54) is 0 Å². The van der Waals surface area contributed by atoms with Crippen molar-refractivity contribution in [2.75, 3.05) is 19.7 Å². The fraction of sp³-hybridized carbons (Fsp3) is 0.286. The molecule has 0 amide bonds. The number of nitrogens with zero attached hydrogens (tertiary/aromatic N) is 2. The Morgan fingerprint density at radius 2 is 2.20 bits per heavy atom. The molecule has 6 nitrogen and oxygen atoms in total. The fourth-order valence-electron chi connectivity index (χ4n) is 2.28. The van der Waals surface area contributed by atoms with Gasteiger partial charge in [-0.05, 0) is 12.1 Å². The van der Waals surface area contributed by atoms with E-state index in [0.717, 1.165) is 17.5 Å². The number of para-hydroxylation sites is 1. The topological polar surface area (TPSA) is 73.3 Å². The van der Waals surface area contributed by atoms with Gasteiger partial charge in [0.25, 0.3) is 5.89 Å². The summed E-state index contributed by atoms with van der Waals surface area (Å²) in [6.07, 6.45) is -0.186. The van der Waals surface area contributed by atoms with Crippen molar-refractivity contribution in [1.82, 2.24) is 15.5 Å². The molecule has 0 spiro atoms. The summed E-state index contributed by atoms with van der Waals surface area (Å²) in [5, 5.41) is 8.21. The van der Waals surface area contributed by atoms with E-state index in [1.54, 1.807) is 0 Å². The van der Waals surface area contributed by atoms with Crippen LogP contribution < -0.4 is 5.32 Å². The summed E-state index contributed by atoms with van der Waals surface area (Å²) in [4.78, 5) is 4.36. The predicted molar refractivity (Wildman–Crippen MR) is 71.1 cm³/mol. The Labute approximate surface area is 114 Å². The molecule has 0 radical (unpaired) electrons. The molecule has 0 bridgehead atoms. The van der Waals surface area contributed by atoms with Crippen molar-refractivity contribution in [3.05, 3.63) is 36.2 Å². The highest BCUT2D eigenvalue weighted by molar-refractivity contribution is 5.81. The highest BCUT2D eigenvalue weighted by atomic mass is 16.5. The van der Waals surface area contributed by atoms with Gasteiger partial charge in [0.2, 0.25) is 5.82 Å². The molecule has 1 unspecified atom stereocenters. The first-order valence-corrected chi connectivity index (χ1v) is 6.55. The third kappa shape index (κ3) is 1.99. The quantitative estimate of drug-likeness (QED) is 0.769. The third-order valence-electron chi connectivity index (χ3n) is 3.29. The zero-order valence-corrected chi connectivity index (χ0v) is 10.7. The standard InChI is InChI=1S/C14H13N3O3/c1-2-4-10-9(3-1)7-11(19-10)13-16-14(20-17-13)12-8-15-5-6-18-12/h1-4,7,12,15H,5-6,8H2. The van der Waals surface area contributed by atoms with Gasteiger partial charge in [-0.1, -0.05) is 23.4 Å². The van der Waals surface area contributed by atoms with E-state index < -0.39 is 0 Å². The molecule has 1 aliphatic rings. The SMILES string of the molecule is c1ccc2oc(-c3noc(C4CNCCO4)n3)cc2c1. The molecule has 0 aliphatic carbocycles. The van der Waals surface area contributed by atoms with E-state index in [4.69, 9.17) is 13.7 Å². The number of rotatable bonds is 2. The molecule has 1 N–H and O–H groups in total. The average Bonchev–Trinajstić information content (AvgIpc) is 3.14. The van der Waals surface area contributed by atoms with Gasteiger partial charge in [-0.2, -0.15) is 4.98 Å². The van der Waals surface area contributed by atoms with Gasteiger partial charge in [-0.15, -0.1) is 0 Å². The lowest BCUT2D eigenvalue weighted by atomic mass is 10.2. The smallest absolute Gasteiger partial charge is 0.257 e. The first kappa shape index (κ1) is 11.6. The van der Waals surface area contributed by atoms with Gasteiger partial charge >= 0.3 is 0 Å². The van der Waals surface area contributed by atoms with Crippen molar-refractivity contribution >= 4 is 11.0 Å². The largest absolute Gasteiger partial charge is 0.453 e. The zero-order valence-electron chi connectivity index (χ0n) is 10.7. The van der Waals surface area contributed by atoms with Crippen LogP contribution in [0, 0.1) is 0 Å². The van der Waals surface area contributed by atoms with Crippen LogP contribution in [-0.2, 0) is 4.74 Å². The third-order valence-corrected chi connectivity index (χ3v) is 3.29. The second kappa shape index (κ2) is 4.73. The maximum atomic E-state index is 5.71. The molecule has 3 aromatic rings. The summed E-state index contributed by atoms with van der Waals surface area (Å²) in [6, 6.07) is 9.69. The molecule has 6 heteroatoms. The van der Waals surface area contributed by atoms with Gasteiger partial charge in [-0.25, -0.2) is 0 Å². The van der Waals surface area contributed by atoms with Gasteiger partial charge in [0.1, 0.15) is 11.7 Å². The van der Waals surface area contributed by atoms with Crippen LogP contribution in [0.4, 0.5) is 0 Å². The summed E-state index contributed by atoms with van der Waals surface area (Å²) in [5.74, 6) is 1.53. The van der Waals surface area contributed by atoms with Crippen LogP contribution in [0.2, 0.25) is 0 Å². The number of aromatic nitrogens is 2. The monoisotopic (exact) mass is 271 g/mol. The Morgan fingerprint density at radius 1 is 1.25 bits per heavy atom. The number of hydrogen-bond donors (Lipinski definition) is 1. The number of ether oxygens (including phenoxy) is 1. The maximum Gasteiger partial charge on any atom is 0.257 e. The van der Waals surface area contributed by atoms with Crippen LogP contribution in [0.1, 0.15) is 12.0 Å². The molecule has 102 valence electrons. The highest BCUT2D eigenvalue weighted by Crippen LogP contribution is 2.27. The predicted octanol–water partition coefficient (Wildman–Crippen LogP) is 2.14. The Kier molecular flexibility index (Phi) is 2.75. The summed E-state index contributed by atoms with van der Waals surface area (Å²) >= 11 is 0. The fourth-order valence-corrected chi connectivity index (χ4v) is 2.28. The van der Waals surface area contributed by atoms with Gasteiger partial charge < -0.3 is 19.0 Å². The van der Waals surface area contributed by atoms with Crippen molar-refractivity contribution in [2.45, 2.75) is 6.10 Å². The van der Waals surface area contributed by atoms with Crippen molar-refractivity contribution in [3.8, 4) is 11.6 Å². The molecule has 0 saturated carbocycles. The number of fused-ring (bicyclic) bond motifs is 1. The second-order valence-electron chi connectivity index (χ2n) is 4.67. The van der Waals surface area contributed by atoms with Crippen LogP contribution in [0.25, 0.3) is 22.6 Å². The van der Waals surface area contributed by atoms with Gasteiger partial charge in [-0.3, -0.25) is 0 Å². The molecule has 1 saturated heterocycles. The van der Waals surface area contributed by atoms with Crippen molar-refractivity contribution in [1.29, 1.82) is 0 Å². The summed E-state index contributed by atoms with van der Waals surface area (Å²) < 4.78 is 16.6. The van der Waals surface area contributed by atoms with Gasteiger partial charge in [0.15, 0.2) is 5.76 Å². The minimum absolute atomic E-state index is 0.186. The molecule has 4 rings (SSSR count). The molecule has 1 aliphatic heterocycles. The number of furan rings is 1. The number of nitrogens with one attached hydrogen (secondary N) is 1. The molecule has 20 heavy (non-hydrogen) atoms. The minimum atomic E-state index is -0.186. The van der Waals surface area contributed by atoms with E-state index in [0.29, 0.717) is 30.6 Å². The van der Waals surface area contributed by atoms with Gasteiger partial charge in [0, 0.05) is 18.5 Å². The number of benzene rings is 1. The molecule has 3 heterocycles. The molecule has 1 fully saturated rings. The Morgan fingerprint density at radius 3 is 3.05 bits per heavy atom. The number of hydrogen-bond acceptors (Lipinski definition) is 6. The Bertz CT molecular complexity index is 695. The van der Waals surface area contributed by atoms with Crippen LogP contribution in [-0.4, -0.2) is 29.8 Å². The van der Waals surface area contributed by atoms with Crippen LogP contribution in [0.15, 0.2) is 39.3 Å². The molecule has 1 atom stereocenters. The first-order valence-electron chi connectivity index (χ1n) is 6.55.